The molecule has 17 heavy (non-hydrogen) atoms. The van der Waals surface area contributed by atoms with Crippen molar-refractivity contribution in [2.24, 2.45) is 0 Å². The lowest BCUT2D eigenvalue weighted by atomic mass is 10.1. The summed E-state index contributed by atoms with van der Waals surface area (Å²) in [6.45, 7) is 3.48. The van der Waals surface area contributed by atoms with Crippen molar-refractivity contribution in [1.29, 1.82) is 0 Å². The van der Waals surface area contributed by atoms with Crippen LogP contribution in [0.1, 0.15) is 20.3 Å². The molecule has 0 aromatic heterocycles. The zero-order valence-electron chi connectivity index (χ0n) is 10.2. The van der Waals surface area contributed by atoms with E-state index in [0.717, 1.165) is 11.5 Å². The summed E-state index contributed by atoms with van der Waals surface area (Å²) in [5.41, 5.74) is 0. The second-order valence-corrected chi connectivity index (χ2v) is 7.57. The summed E-state index contributed by atoms with van der Waals surface area (Å²) >= 11 is 3.66. The van der Waals surface area contributed by atoms with Crippen LogP contribution in [0.5, 0.6) is 0 Å². The molecule has 0 radical (unpaired) electrons. The quantitative estimate of drug-likeness (QED) is 0.789. The third-order valence-corrected chi connectivity index (χ3v) is 5.93. The first-order valence-corrected chi connectivity index (χ1v) is 8.01. The molecule has 6 heteroatoms. The van der Waals surface area contributed by atoms with Gasteiger partial charge in [0.2, 0.25) is 0 Å². The first-order chi connectivity index (χ1) is 8.03. The lowest BCUT2D eigenvalue weighted by Gasteiger charge is -2.46. The van der Waals surface area contributed by atoms with Gasteiger partial charge in [0, 0.05) is 0 Å². The van der Waals surface area contributed by atoms with E-state index in [1.54, 1.807) is 0 Å². The van der Waals surface area contributed by atoms with Gasteiger partial charge in [-0.1, -0.05) is 0 Å². The summed E-state index contributed by atoms with van der Waals surface area (Å²) in [6.07, 6.45) is -0.368. The summed E-state index contributed by atoms with van der Waals surface area (Å²) in [5, 5.41) is 19.4. The Bertz CT molecular complexity index is 254. The molecule has 2 fully saturated rings. The number of aliphatic hydroxyl groups is 2. The minimum Gasteiger partial charge on any atom is -0.394 e. The zero-order valence-corrected chi connectivity index (χ0v) is 11.8. The van der Waals surface area contributed by atoms with E-state index in [1.807, 2.05) is 37.4 Å². The van der Waals surface area contributed by atoms with Gasteiger partial charge < -0.3 is 19.7 Å². The maximum absolute atomic E-state index is 10.2. The molecule has 0 saturated carbocycles. The van der Waals surface area contributed by atoms with Crippen LogP contribution in [0.3, 0.4) is 0 Å². The molecule has 2 aliphatic rings. The van der Waals surface area contributed by atoms with Crippen molar-refractivity contribution in [3.05, 3.63) is 0 Å². The maximum Gasteiger partial charge on any atom is 0.163 e. The summed E-state index contributed by atoms with van der Waals surface area (Å²) in [4.78, 5) is 0. The molecule has 0 aliphatic carbocycles. The fourth-order valence-corrected chi connectivity index (χ4v) is 5.17. The zero-order chi connectivity index (χ0) is 12.5. The van der Waals surface area contributed by atoms with Gasteiger partial charge in [-0.25, -0.2) is 0 Å². The Morgan fingerprint density at radius 3 is 2.47 bits per heavy atom. The van der Waals surface area contributed by atoms with Crippen molar-refractivity contribution in [1.82, 2.24) is 0 Å². The van der Waals surface area contributed by atoms with Crippen molar-refractivity contribution in [2.45, 2.75) is 48.9 Å². The number of ether oxygens (including phenoxy) is 2. The Morgan fingerprint density at radius 1 is 1.24 bits per heavy atom. The van der Waals surface area contributed by atoms with Crippen LogP contribution in [-0.2, 0) is 9.47 Å². The normalized spacial score (nSPS) is 39.2. The number of hydrogen-bond acceptors (Lipinski definition) is 6. The second kappa shape index (κ2) is 5.67. The molecule has 4 nitrogen and oxygen atoms in total. The van der Waals surface area contributed by atoms with Crippen LogP contribution in [0, 0.1) is 0 Å². The van der Waals surface area contributed by atoms with Gasteiger partial charge in [-0.05, 0) is 31.8 Å². The fourth-order valence-electron chi connectivity index (χ4n) is 2.13. The molecular weight excluding hydrogens is 260 g/mol. The summed E-state index contributed by atoms with van der Waals surface area (Å²) in [5.74, 6) is 1.47. The van der Waals surface area contributed by atoms with E-state index in [1.165, 1.54) is 6.42 Å². The van der Waals surface area contributed by atoms with E-state index >= 15 is 0 Å². The van der Waals surface area contributed by atoms with E-state index < -0.39 is 18.0 Å². The molecule has 0 spiro atoms. The standard InChI is InChI=1S/C11H20O4S2/c1-11(2)14-7(6-12)8(13)9(15-11)10-16-4-3-5-17-10/h7-10,12-13H,3-6H2,1-2H3/t7-,8+,9+/m1/s1. The Kier molecular flexibility index (Phi) is 4.66. The van der Waals surface area contributed by atoms with Gasteiger partial charge in [-0.15, -0.1) is 23.5 Å². The van der Waals surface area contributed by atoms with Crippen LogP contribution in [0.2, 0.25) is 0 Å². The van der Waals surface area contributed by atoms with Crippen molar-refractivity contribution in [2.75, 3.05) is 18.1 Å². The van der Waals surface area contributed by atoms with Crippen LogP contribution in [0.15, 0.2) is 0 Å². The topological polar surface area (TPSA) is 58.9 Å². The first kappa shape index (κ1) is 14.0. The van der Waals surface area contributed by atoms with Gasteiger partial charge in [0.1, 0.15) is 18.3 Å². The highest BCUT2D eigenvalue weighted by Gasteiger charge is 2.46. The molecule has 0 aromatic rings. The molecule has 2 aliphatic heterocycles. The molecule has 0 amide bonds. The maximum atomic E-state index is 10.2. The molecule has 2 rings (SSSR count). The molecular formula is C11H20O4S2. The monoisotopic (exact) mass is 280 g/mol. The van der Waals surface area contributed by atoms with Crippen LogP contribution in [-0.4, -0.2) is 57.0 Å². The second-order valence-electron chi connectivity index (χ2n) is 4.78. The van der Waals surface area contributed by atoms with E-state index in [2.05, 4.69) is 0 Å². The van der Waals surface area contributed by atoms with Gasteiger partial charge in [0.15, 0.2) is 5.79 Å². The predicted molar refractivity (Wildman–Crippen MR) is 70.2 cm³/mol. The van der Waals surface area contributed by atoms with Crippen molar-refractivity contribution >= 4 is 23.5 Å². The third-order valence-electron chi connectivity index (χ3n) is 2.87. The highest BCUT2D eigenvalue weighted by Crippen LogP contribution is 2.40. The number of aliphatic hydroxyl groups excluding tert-OH is 2. The SMILES string of the molecule is CC1(C)O[C@H](C2SCCCS2)[C@@H](O)[C@@H](CO)O1. The van der Waals surface area contributed by atoms with E-state index in [0.29, 0.717) is 0 Å². The Labute approximate surface area is 110 Å². The third kappa shape index (κ3) is 3.30. The molecule has 0 unspecified atom stereocenters. The van der Waals surface area contributed by atoms with Gasteiger partial charge in [0.05, 0.1) is 11.2 Å². The molecule has 2 heterocycles. The Morgan fingerprint density at radius 2 is 1.88 bits per heavy atom. The highest BCUT2D eigenvalue weighted by atomic mass is 32.2. The molecule has 2 N–H and O–H groups in total. The average molecular weight is 280 g/mol. The van der Waals surface area contributed by atoms with Crippen LogP contribution >= 0.6 is 23.5 Å². The Balaban J connectivity index is 2.07. The van der Waals surface area contributed by atoms with E-state index in [4.69, 9.17) is 9.47 Å². The van der Waals surface area contributed by atoms with Gasteiger partial charge in [-0.3, -0.25) is 0 Å². The molecule has 2 saturated heterocycles. The molecule has 3 atom stereocenters. The lowest BCUT2D eigenvalue weighted by Crippen LogP contribution is -2.58. The average Bonchev–Trinajstić information content (AvgIpc) is 2.33. The minimum atomic E-state index is -0.754. The van der Waals surface area contributed by atoms with Crippen LogP contribution < -0.4 is 0 Å². The molecule has 0 aromatic carbocycles. The van der Waals surface area contributed by atoms with Crippen LogP contribution in [0.25, 0.3) is 0 Å². The van der Waals surface area contributed by atoms with Crippen molar-refractivity contribution in [3.63, 3.8) is 0 Å². The summed E-state index contributed by atoms with van der Waals surface area (Å²) in [6, 6.07) is 0. The van der Waals surface area contributed by atoms with E-state index in [9.17, 15) is 10.2 Å². The molecule has 100 valence electrons. The highest BCUT2D eigenvalue weighted by molar-refractivity contribution is 8.17. The smallest absolute Gasteiger partial charge is 0.163 e. The van der Waals surface area contributed by atoms with Gasteiger partial charge in [-0.2, -0.15) is 0 Å². The predicted octanol–water partition coefficient (Wildman–Crippen LogP) is 1.06. The van der Waals surface area contributed by atoms with Crippen molar-refractivity contribution < 1.29 is 19.7 Å². The lowest BCUT2D eigenvalue weighted by molar-refractivity contribution is -0.332. The number of hydrogen-bond donors (Lipinski definition) is 2. The number of thioether (sulfide) groups is 2. The Hall–Kier alpha value is 0.540. The summed E-state index contributed by atoms with van der Waals surface area (Å²) in [7, 11) is 0. The largest absolute Gasteiger partial charge is 0.394 e. The van der Waals surface area contributed by atoms with Gasteiger partial charge in [0.25, 0.3) is 0 Å². The summed E-state index contributed by atoms with van der Waals surface area (Å²) < 4.78 is 11.6. The van der Waals surface area contributed by atoms with Gasteiger partial charge >= 0.3 is 0 Å². The molecule has 0 bridgehead atoms. The van der Waals surface area contributed by atoms with Crippen molar-refractivity contribution in [3.8, 4) is 0 Å². The first-order valence-electron chi connectivity index (χ1n) is 5.91. The fraction of sp³-hybridized carbons (Fsp3) is 1.00. The number of rotatable bonds is 2. The van der Waals surface area contributed by atoms with E-state index in [-0.39, 0.29) is 17.3 Å². The minimum absolute atomic E-state index is 0.174. The van der Waals surface area contributed by atoms with Crippen LogP contribution in [0.4, 0.5) is 0 Å².